The summed E-state index contributed by atoms with van der Waals surface area (Å²) in [5, 5.41) is 2.57. The van der Waals surface area contributed by atoms with Crippen molar-refractivity contribution < 1.29 is 8.42 Å². The molecule has 3 nitrogen and oxygen atoms in total. The van der Waals surface area contributed by atoms with E-state index < -0.39 is 10.0 Å². The SMILES string of the molecule is CC(NS(=O)(=O)c1cccs1)c1ccc(Cl)c(Cl)c1. The van der Waals surface area contributed by atoms with Crippen molar-refractivity contribution in [1.29, 1.82) is 0 Å². The van der Waals surface area contributed by atoms with Crippen LogP contribution < -0.4 is 4.72 Å². The van der Waals surface area contributed by atoms with Gasteiger partial charge in [0.2, 0.25) is 0 Å². The van der Waals surface area contributed by atoms with Crippen LogP contribution >= 0.6 is 34.5 Å². The molecule has 2 rings (SSSR count). The standard InChI is InChI=1S/C12H11Cl2NO2S2/c1-8(9-4-5-10(13)11(14)7-9)15-19(16,17)12-3-2-6-18-12/h2-8,15H,1H3. The van der Waals surface area contributed by atoms with Crippen molar-refractivity contribution in [3.8, 4) is 0 Å². The van der Waals surface area contributed by atoms with Crippen LogP contribution in [0.2, 0.25) is 10.0 Å². The van der Waals surface area contributed by atoms with Crippen LogP contribution in [0.4, 0.5) is 0 Å². The molecule has 1 unspecified atom stereocenters. The monoisotopic (exact) mass is 335 g/mol. The Morgan fingerprint density at radius 1 is 1.21 bits per heavy atom. The van der Waals surface area contributed by atoms with Gasteiger partial charge in [-0.1, -0.05) is 35.3 Å². The molecule has 2 aromatic rings. The minimum absolute atomic E-state index is 0.291. The van der Waals surface area contributed by atoms with Gasteiger partial charge in [-0.3, -0.25) is 0 Å². The van der Waals surface area contributed by atoms with Gasteiger partial charge in [-0.25, -0.2) is 13.1 Å². The lowest BCUT2D eigenvalue weighted by Crippen LogP contribution is -2.26. The highest BCUT2D eigenvalue weighted by Crippen LogP contribution is 2.26. The number of hydrogen-bond acceptors (Lipinski definition) is 3. The van der Waals surface area contributed by atoms with E-state index in [-0.39, 0.29) is 6.04 Å². The number of nitrogens with one attached hydrogen (secondary N) is 1. The molecule has 0 fully saturated rings. The lowest BCUT2D eigenvalue weighted by atomic mass is 10.1. The van der Waals surface area contributed by atoms with Crippen LogP contribution in [0.1, 0.15) is 18.5 Å². The summed E-state index contributed by atoms with van der Waals surface area (Å²) in [7, 11) is -3.49. The van der Waals surface area contributed by atoms with Crippen LogP contribution in [0.5, 0.6) is 0 Å². The minimum Gasteiger partial charge on any atom is -0.206 e. The lowest BCUT2D eigenvalue weighted by molar-refractivity contribution is 0.569. The first-order valence-electron chi connectivity index (χ1n) is 5.41. The van der Waals surface area contributed by atoms with Crippen LogP contribution in [-0.4, -0.2) is 8.42 Å². The number of thiophene rings is 1. The van der Waals surface area contributed by atoms with Crippen LogP contribution in [0, 0.1) is 0 Å². The van der Waals surface area contributed by atoms with Gasteiger partial charge in [-0.2, -0.15) is 0 Å². The average molecular weight is 336 g/mol. The summed E-state index contributed by atoms with van der Waals surface area (Å²) in [6.07, 6.45) is 0. The van der Waals surface area contributed by atoms with Crippen LogP contribution in [0.25, 0.3) is 0 Å². The molecule has 1 heterocycles. The second-order valence-corrected chi connectivity index (χ2v) is 7.65. The summed E-state index contributed by atoms with van der Waals surface area (Å²) in [6, 6.07) is 7.93. The molecule has 102 valence electrons. The Morgan fingerprint density at radius 3 is 2.53 bits per heavy atom. The fraction of sp³-hybridized carbons (Fsp3) is 0.167. The molecule has 1 atom stereocenters. The maximum Gasteiger partial charge on any atom is 0.250 e. The van der Waals surface area contributed by atoms with Gasteiger partial charge in [0.25, 0.3) is 10.0 Å². The van der Waals surface area contributed by atoms with Gasteiger partial charge >= 0.3 is 0 Å². The van der Waals surface area contributed by atoms with Gasteiger partial charge in [0.1, 0.15) is 4.21 Å². The van der Waals surface area contributed by atoms with Gasteiger partial charge < -0.3 is 0 Å². The normalized spacial score (nSPS) is 13.4. The van der Waals surface area contributed by atoms with E-state index >= 15 is 0 Å². The summed E-state index contributed by atoms with van der Waals surface area (Å²) >= 11 is 12.9. The minimum atomic E-state index is -3.49. The van der Waals surface area contributed by atoms with Crippen molar-refractivity contribution in [2.45, 2.75) is 17.2 Å². The Balaban J connectivity index is 2.21. The molecule has 0 radical (unpaired) electrons. The van der Waals surface area contributed by atoms with Crippen LogP contribution in [0.15, 0.2) is 39.9 Å². The smallest absolute Gasteiger partial charge is 0.206 e. The van der Waals surface area contributed by atoms with E-state index in [1.165, 1.54) is 11.3 Å². The van der Waals surface area contributed by atoms with Crippen molar-refractivity contribution in [3.63, 3.8) is 0 Å². The molecule has 0 saturated carbocycles. The molecule has 0 spiro atoms. The zero-order valence-electron chi connectivity index (χ0n) is 9.93. The number of benzene rings is 1. The third-order valence-corrected chi connectivity index (χ3v) is 6.21. The van der Waals surface area contributed by atoms with Gasteiger partial charge in [-0.05, 0) is 36.1 Å². The Kier molecular flexibility index (Phi) is 4.53. The highest BCUT2D eigenvalue weighted by atomic mass is 35.5. The van der Waals surface area contributed by atoms with Crippen molar-refractivity contribution in [3.05, 3.63) is 51.3 Å². The predicted molar refractivity (Wildman–Crippen MR) is 79.5 cm³/mol. The first kappa shape index (κ1) is 14.8. The third-order valence-electron chi connectivity index (χ3n) is 2.54. The van der Waals surface area contributed by atoms with E-state index in [2.05, 4.69) is 4.72 Å². The maximum absolute atomic E-state index is 12.1. The molecule has 1 aromatic carbocycles. The second kappa shape index (κ2) is 5.81. The van der Waals surface area contributed by atoms with Crippen molar-refractivity contribution in [2.24, 2.45) is 0 Å². The van der Waals surface area contributed by atoms with Crippen molar-refractivity contribution in [2.75, 3.05) is 0 Å². The van der Waals surface area contributed by atoms with E-state index in [9.17, 15) is 8.42 Å². The molecule has 0 aliphatic heterocycles. The molecular formula is C12H11Cl2NO2S2. The molecule has 1 aromatic heterocycles. The summed E-state index contributed by atoms with van der Waals surface area (Å²) < 4.78 is 27.0. The van der Waals surface area contributed by atoms with E-state index in [1.807, 2.05) is 0 Å². The molecule has 0 aliphatic rings. The number of rotatable bonds is 4. The molecule has 0 amide bonds. The number of hydrogen-bond donors (Lipinski definition) is 1. The fourth-order valence-corrected chi connectivity index (χ4v) is 4.11. The van der Waals surface area contributed by atoms with E-state index in [0.717, 1.165) is 5.56 Å². The Labute approximate surface area is 126 Å². The third kappa shape index (κ3) is 3.49. The zero-order chi connectivity index (χ0) is 14.0. The number of halogens is 2. The lowest BCUT2D eigenvalue weighted by Gasteiger charge is -2.14. The molecule has 0 aliphatic carbocycles. The number of sulfonamides is 1. The van der Waals surface area contributed by atoms with Crippen molar-refractivity contribution in [1.82, 2.24) is 4.72 Å². The van der Waals surface area contributed by atoms with Gasteiger partial charge in [0, 0.05) is 6.04 Å². The molecule has 0 bridgehead atoms. The highest BCUT2D eigenvalue weighted by Gasteiger charge is 2.19. The second-order valence-electron chi connectivity index (χ2n) is 3.95. The molecule has 0 saturated heterocycles. The summed E-state index contributed by atoms with van der Waals surface area (Å²) in [5.41, 5.74) is 0.759. The van der Waals surface area contributed by atoms with Crippen LogP contribution in [0.3, 0.4) is 0 Å². The van der Waals surface area contributed by atoms with E-state index in [4.69, 9.17) is 23.2 Å². The predicted octanol–water partition coefficient (Wildman–Crippen LogP) is 4.09. The topological polar surface area (TPSA) is 46.2 Å². The first-order chi connectivity index (χ1) is 8.90. The van der Waals surface area contributed by atoms with Gasteiger partial charge in [0.05, 0.1) is 10.0 Å². The molecule has 1 N–H and O–H groups in total. The Bertz CT molecular complexity index is 669. The van der Waals surface area contributed by atoms with Gasteiger partial charge in [-0.15, -0.1) is 11.3 Å². The fourth-order valence-electron chi connectivity index (χ4n) is 1.56. The first-order valence-corrected chi connectivity index (χ1v) is 8.53. The maximum atomic E-state index is 12.1. The van der Waals surface area contributed by atoms with Crippen molar-refractivity contribution >= 4 is 44.6 Å². The molecule has 19 heavy (non-hydrogen) atoms. The van der Waals surface area contributed by atoms with E-state index in [0.29, 0.717) is 14.3 Å². The quantitative estimate of drug-likeness (QED) is 0.914. The van der Waals surface area contributed by atoms with Gasteiger partial charge in [0.15, 0.2) is 0 Å². The summed E-state index contributed by atoms with van der Waals surface area (Å²) in [4.78, 5) is 0. The largest absolute Gasteiger partial charge is 0.250 e. The average Bonchev–Trinajstić information content (AvgIpc) is 2.86. The molecular weight excluding hydrogens is 325 g/mol. The van der Waals surface area contributed by atoms with Crippen LogP contribution in [-0.2, 0) is 10.0 Å². The highest BCUT2D eigenvalue weighted by molar-refractivity contribution is 7.91. The Morgan fingerprint density at radius 2 is 1.95 bits per heavy atom. The summed E-state index contributed by atoms with van der Waals surface area (Å²) in [5.74, 6) is 0. The summed E-state index contributed by atoms with van der Waals surface area (Å²) in [6.45, 7) is 1.75. The zero-order valence-corrected chi connectivity index (χ0v) is 13.1. The van der Waals surface area contributed by atoms with E-state index in [1.54, 1.807) is 42.6 Å². The molecule has 7 heteroatoms. The Hall–Kier alpha value is -0.590.